The first-order valence-electron chi connectivity index (χ1n) is 5.47. The second kappa shape index (κ2) is 4.42. The highest BCUT2D eigenvalue weighted by Crippen LogP contribution is 2.27. The molecule has 0 aliphatic heterocycles. The van der Waals surface area contributed by atoms with Gasteiger partial charge in [-0.3, -0.25) is 0 Å². The fourth-order valence-corrected chi connectivity index (χ4v) is 2.53. The van der Waals surface area contributed by atoms with Crippen LogP contribution >= 0.6 is 11.8 Å². The van der Waals surface area contributed by atoms with Crippen molar-refractivity contribution in [2.45, 2.75) is 16.8 Å². The summed E-state index contributed by atoms with van der Waals surface area (Å²) in [5.41, 5.74) is 1.60. The molecule has 2 aromatic heterocycles. The molecule has 1 N–H and O–H groups in total. The highest BCUT2D eigenvalue weighted by Gasteiger charge is 2.04. The second-order valence-electron chi connectivity index (χ2n) is 3.90. The van der Waals surface area contributed by atoms with Crippen molar-refractivity contribution < 1.29 is 4.39 Å². The zero-order valence-corrected chi connectivity index (χ0v) is 10.5. The first-order chi connectivity index (χ1) is 8.70. The number of aromatic amines is 1. The summed E-state index contributed by atoms with van der Waals surface area (Å²) < 4.78 is 13.1. The maximum atomic E-state index is 13.1. The minimum Gasteiger partial charge on any atom is -0.341 e. The van der Waals surface area contributed by atoms with Gasteiger partial charge in [-0.15, -0.1) is 0 Å². The lowest BCUT2D eigenvalue weighted by atomic mass is 10.4. The van der Waals surface area contributed by atoms with Crippen LogP contribution in [-0.2, 0) is 0 Å². The second-order valence-corrected chi connectivity index (χ2v) is 5.00. The fourth-order valence-electron chi connectivity index (χ4n) is 1.70. The van der Waals surface area contributed by atoms with Gasteiger partial charge >= 0.3 is 0 Å². The quantitative estimate of drug-likeness (QED) is 0.765. The predicted molar refractivity (Wildman–Crippen MR) is 69.1 cm³/mol. The number of imidazole rings is 1. The number of hydrogen-bond acceptors (Lipinski definition) is 3. The van der Waals surface area contributed by atoms with Crippen molar-refractivity contribution in [3.8, 4) is 0 Å². The lowest BCUT2D eigenvalue weighted by Gasteiger charge is -2.00. The van der Waals surface area contributed by atoms with E-state index < -0.39 is 0 Å². The van der Waals surface area contributed by atoms with Gasteiger partial charge in [0.2, 0.25) is 0 Å². The maximum absolute atomic E-state index is 13.1. The average molecular weight is 259 g/mol. The smallest absolute Gasteiger partial charge is 0.178 e. The summed E-state index contributed by atoms with van der Waals surface area (Å²) in [6, 6.07) is 10.3. The van der Waals surface area contributed by atoms with Crippen molar-refractivity contribution in [1.29, 1.82) is 0 Å². The summed E-state index contributed by atoms with van der Waals surface area (Å²) in [5, 5.41) is 0.805. The monoisotopic (exact) mass is 259 g/mol. The van der Waals surface area contributed by atoms with Gasteiger partial charge in [-0.1, -0.05) is 17.8 Å². The number of benzene rings is 1. The molecule has 0 fully saturated rings. The number of nitrogens with zero attached hydrogens (tertiary/aromatic N) is 2. The zero-order valence-electron chi connectivity index (χ0n) is 9.64. The van der Waals surface area contributed by atoms with Crippen LogP contribution in [0.25, 0.3) is 11.2 Å². The van der Waals surface area contributed by atoms with E-state index in [1.807, 2.05) is 25.1 Å². The molecule has 3 aromatic rings. The van der Waals surface area contributed by atoms with E-state index in [9.17, 15) is 4.39 Å². The van der Waals surface area contributed by atoms with Crippen molar-refractivity contribution >= 4 is 22.9 Å². The lowest BCUT2D eigenvalue weighted by Crippen LogP contribution is -1.82. The van der Waals surface area contributed by atoms with E-state index in [0.717, 1.165) is 21.3 Å². The van der Waals surface area contributed by atoms with Gasteiger partial charge in [0.25, 0.3) is 0 Å². The molecule has 2 heterocycles. The molecule has 0 amide bonds. The molecule has 0 saturated heterocycles. The Balaban J connectivity index is 1.94. The Hall–Kier alpha value is -1.88. The Kier molecular flexibility index (Phi) is 2.76. The van der Waals surface area contributed by atoms with Crippen molar-refractivity contribution in [3.05, 3.63) is 48.0 Å². The predicted octanol–water partition coefficient (Wildman–Crippen LogP) is 3.56. The van der Waals surface area contributed by atoms with Gasteiger partial charge in [0.15, 0.2) is 5.65 Å². The normalized spacial score (nSPS) is 11.0. The third-order valence-corrected chi connectivity index (χ3v) is 3.38. The fraction of sp³-hybridized carbons (Fsp3) is 0.0769. The van der Waals surface area contributed by atoms with E-state index in [2.05, 4.69) is 15.0 Å². The van der Waals surface area contributed by atoms with Crippen LogP contribution in [0.2, 0.25) is 0 Å². The van der Waals surface area contributed by atoms with E-state index in [-0.39, 0.29) is 5.82 Å². The van der Waals surface area contributed by atoms with Crippen molar-refractivity contribution in [1.82, 2.24) is 15.0 Å². The molecule has 5 heteroatoms. The number of fused-ring (bicyclic) bond motifs is 1. The highest BCUT2D eigenvalue weighted by molar-refractivity contribution is 7.99. The van der Waals surface area contributed by atoms with Gasteiger partial charge in [-0.2, -0.15) is 0 Å². The molecular formula is C13H10FN3S. The molecule has 0 aliphatic rings. The molecule has 0 spiro atoms. The number of aromatic nitrogens is 3. The van der Waals surface area contributed by atoms with Gasteiger partial charge in [0, 0.05) is 4.90 Å². The van der Waals surface area contributed by atoms with Gasteiger partial charge in [-0.25, -0.2) is 14.4 Å². The Labute approximate surface area is 107 Å². The molecule has 0 unspecified atom stereocenters. The topological polar surface area (TPSA) is 41.6 Å². The first kappa shape index (κ1) is 11.2. The summed E-state index contributed by atoms with van der Waals surface area (Å²) in [5.74, 6) is 0.599. The molecular weight excluding hydrogens is 249 g/mol. The molecule has 0 bridgehead atoms. The van der Waals surface area contributed by atoms with E-state index in [1.165, 1.54) is 23.9 Å². The Morgan fingerprint density at radius 3 is 2.89 bits per heavy atom. The van der Waals surface area contributed by atoms with Crippen LogP contribution in [0, 0.1) is 12.7 Å². The van der Waals surface area contributed by atoms with Crippen molar-refractivity contribution in [3.63, 3.8) is 0 Å². The zero-order chi connectivity index (χ0) is 12.5. The van der Waals surface area contributed by atoms with Crippen LogP contribution in [0.15, 0.2) is 46.3 Å². The first-order valence-corrected chi connectivity index (χ1v) is 6.29. The number of aryl methyl sites for hydroxylation is 1. The largest absolute Gasteiger partial charge is 0.341 e. The summed E-state index contributed by atoms with van der Waals surface area (Å²) in [6.45, 7) is 1.89. The van der Waals surface area contributed by atoms with Gasteiger partial charge in [0.1, 0.15) is 16.7 Å². The minimum absolute atomic E-state index is 0.239. The van der Waals surface area contributed by atoms with E-state index in [0.29, 0.717) is 5.65 Å². The Bertz CT molecular complexity index is 708. The summed E-state index contributed by atoms with van der Waals surface area (Å²) in [7, 11) is 0. The van der Waals surface area contributed by atoms with Crippen LogP contribution in [0.5, 0.6) is 0 Å². The average Bonchev–Trinajstić information content (AvgIpc) is 2.68. The summed E-state index contributed by atoms with van der Waals surface area (Å²) >= 11 is 1.42. The standard InChI is InChI=1S/C13H10FN3S/c1-8-15-11-5-6-12(17-13(11)16-8)18-10-4-2-3-9(14)7-10/h2-7H,1H3,(H,15,16,17). The molecule has 0 atom stereocenters. The molecule has 0 radical (unpaired) electrons. The SMILES string of the molecule is Cc1nc2nc(Sc3cccc(F)c3)ccc2[nH]1. The Morgan fingerprint density at radius 1 is 1.17 bits per heavy atom. The van der Waals surface area contributed by atoms with Crippen LogP contribution in [-0.4, -0.2) is 15.0 Å². The van der Waals surface area contributed by atoms with Crippen LogP contribution in [0.4, 0.5) is 4.39 Å². The molecule has 3 nitrogen and oxygen atoms in total. The molecule has 1 aromatic carbocycles. The third kappa shape index (κ3) is 2.22. The van der Waals surface area contributed by atoms with Crippen molar-refractivity contribution in [2.75, 3.05) is 0 Å². The number of hydrogen-bond donors (Lipinski definition) is 1. The van der Waals surface area contributed by atoms with Gasteiger partial charge in [0.05, 0.1) is 5.52 Å². The van der Waals surface area contributed by atoms with Crippen LogP contribution < -0.4 is 0 Å². The van der Waals surface area contributed by atoms with Gasteiger partial charge < -0.3 is 4.98 Å². The maximum Gasteiger partial charge on any atom is 0.178 e. The Morgan fingerprint density at radius 2 is 2.06 bits per heavy atom. The number of H-pyrrole nitrogens is 1. The number of nitrogens with one attached hydrogen (secondary N) is 1. The molecule has 18 heavy (non-hydrogen) atoms. The number of halogens is 1. The van der Waals surface area contributed by atoms with E-state index >= 15 is 0 Å². The highest BCUT2D eigenvalue weighted by atomic mass is 32.2. The van der Waals surface area contributed by atoms with E-state index in [4.69, 9.17) is 0 Å². The van der Waals surface area contributed by atoms with Crippen LogP contribution in [0.1, 0.15) is 5.82 Å². The van der Waals surface area contributed by atoms with Crippen molar-refractivity contribution in [2.24, 2.45) is 0 Å². The minimum atomic E-state index is -0.239. The molecule has 3 rings (SSSR count). The number of rotatable bonds is 2. The summed E-state index contributed by atoms with van der Waals surface area (Å²) in [4.78, 5) is 12.6. The molecule has 90 valence electrons. The molecule has 0 aliphatic carbocycles. The van der Waals surface area contributed by atoms with Gasteiger partial charge in [-0.05, 0) is 37.3 Å². The van der Waals surface area contributed by atoms with Crippen LogP contribution in [0.3, 0.4) is 0 Å². The number of pyridine rings is 1. The third-order valence-electron chi connectivity index (χ3n) is 2.46. The summed E-state index contributed by atoms with van der Waals surface area (Å²) in [6.07, 6.45) is 0. The molecule has 0 saturated carbocycles. The van der Waals surface area contributed by atoms with E-state index in [1.54, 1.807) is 6.07 Å². The lowest BCUT2D eigenvalue weighted by molar-refractivity contribution is 0.624.